The summed E-state index contributed by atoms with van der Waals surface area (Å²) in [5.41, 5.74) is 4.40. The Hall–Kier alpha value is -2.86. The van der Waals surface area contributed by atoms with Crippen molar-refractivity contribution in [3.05, 3.63) is 64.1 Å². The summed E-state index contributed by atoms with van der Waals surface area (Å²) in [5, 5.41) is 2.84. The molecule has 29 heavy (non-hydrogen) atoms. The van der Waals surface area contributed by atoms with Crippen LogP contribution in [0.25, 0.3) is 5.57 Å². The van der Waals surface area contributed by atoms with Gasteiger partial charge in [0.2, 0.25) is 5.91 Å². The van der Waals surface area contributed by atoms with E-state index in [1.165, 1.54) is 23.6 Å². The van der Waals surface area contributed by atoms with Crippen LogP contribution in [0.3, 0.4) is 0 Å². The molecule has 1 N–H and O–H groups in total. The Morgan fingerprint density at radius 2 is 1.66 bits per heavy atom. The van der Waals surface area contributed by atoms with E-state index in [9.17, 15) is 14.4 Å². The summed E-state index contributed by atoms with van der Waals surface area (Å²) in [5.74, 6) is -0.811. The second kappa shape index (κ2) is 8.25. The van der Waals surface area contributed by atoms with Gasteiger partial charge < -0.3 is 5.32 Å². The number of benzene rings is 2. The molecule has 0 spiro atoms. The molecule has 0 aliphatic carbocycles. The van der Waals surface area contributed by atoms with Crippen molar-refractivity contribution >= 4 is 46.4 Å². The van der Waals surface area contributed by atoms with Crippen LogP contribution in [0.5, 0.6) is 0 Å². The van der Waals surface area contributed by atoms with Crippen molar-refractivity contribution in [3.8, 4) is 0 Å². The highest BCUT2D eigenvalue weighted by atomic mass is 32.2. The summed E-state index contributed by atoms with van der Waals surface area (Å²) in [6, 6.07) is 12.6. The third-order valence-electron chi connectivity index (χ3n) is 4.49. The molecule has 1 aliphatic rings. The first-order chi connectivity index (χ1) is 13.7. The van der Waals surface area contributed by atoms with Crippen LogP contribution in [0.1, 0.15) is 37.5 Å². The highest BCUT2D eigenvalue weighted by Gasteiger charge is 2.40. The van der Waals surface area contributed by atoms with E-state index in [1.54, 1.807) is 24.3 Å². The number of aryl methyl sites for hydroxylation is 2. The number of amides is 3. The van der Waals surface area contributed by atoms with Gasteiger partial charge >= 0.3 is 0 Å². The Morgan fingerprint density at radius 1 is 1.00 bits per heavy atom. The summed E-state index contributed by atoms with van der Waals surface area (Å²) in [4.78, 5) is 39.5. The van der Waals surface area contributed by atoms with Crippen LogP contribution in [-0.4, -0.2) is 23.0 Å². The first-order valence-corrected chi connectivity index (χ1v) is 10.3. The van der Waals surface area contributed by atoms with E-state index < -0.39 is 0 Å². The molecule has 0 fully saturated rings. The second-order valence-corrected chi connectivity index (χ2v) is 8.95. The molecule has 0 aromatic heterocycles. The molecule has 3 rings (SSSR count). The number of hydrogen-bond donors (Lipinski definition) is 1. The van der Waals surface area contributed by atoms with E-state index in [0.717, 1.165) is 16.7 Å². The smallest absolute Gasteiger partial charge is 0.272 e. The fraction of sp³-hybridized carbons (Fsp3) is 0.261. The molecule has 0 radical (unpaired) electrons. The van der Waals surface area contributed by atoms with Crippen molar-refractivity contribution in [2.45, 2.75) is 39.9 Å². The number of rotatable bonds is 5. The van der Waals surface area contributed by atoms with Crippen molar-refractivity contribution in [1.82, 2.24) is 0 Å². The van der Waals surface area contributed by atoms with Crippen molar-refractivity contribution in [1.29, 1.82) is 0 Å². The normalized spacial score (nSPS) is 14.2. The highest BCUT2D eigenvalue weighted by molar-refractivity contribution is 8.04. The van der Waals surface area contributed by atoms with Gasteiger partial charge in [0.25, 0.3) is 11.8 Å². The van der Waals surface area contributed by atoms with Crippen LogP contribution in [0, 0.1) is 13.8 Å². The number of imide groups is 1. The van der Waals surface area contributed by atoms with Gasteiger partial charge in [-0.2, -0.15) is 0 Å². The molecule has 0 unspecified atom stereocenters. The number of carbonyl (C=O) groups is 3. The lowest BCUT2D eigenvalue weighted by molar-refractivity contribution is -0.120. The lowest BCUT2D eigenvalue weighted by Crippen LogP contribution is -2.31. The number of hydrogen-bond acceptors (Lipinski definition) is 4. The Kier molecular flexibility index (Phi) is 5.94. The maximum Gasteiger partial charge on any atom is 0.272 e. The van der Waals surface area contributed by atoms with Crippen LogP contribution in [0.2, 0.25) is 0 Å². The Morgan fingerprint density at radius 3 is 2.21 bits per heavy atom. The number of nitrogens with one attached hydrogen (secondary N) is 1. The van der Waals surface area contributed by atoms with Gasteiger partial charge in [-0.1, -0.05) is 37.6 Å². The third-order valence-corrected chi connectivity index (χ3v) is 5.58. The zero-order chi connectivity index (χ0) is 21.3. The van der Waals surface area contributed by atoms with Gasteiger partial charge in [-0.3, -0.25) is 14.4 Å². The van der Waals surface area contributed by atoms with Crippen LogP contribution < -0.4 is 10.2 Å². The average molecular weight is 409 g/mol. The molecule has 0 saturated carbocycles. The fourth-order valence-corrected chi connectivity index (χ4v) is 4.30. The summed E-state index contributed by atoms with van der Waals surface area (Å²) in [7, 11) is 0. The minimum atomic E-state index is -0.322. The van der Waals surface area contributed by atoms with Gasteiger partial charge in [0, 0.05) is 17.9 Å². The number of anilines is 2. The van der Waals surface area contributed by atoms with E-state index >= 15 is 0 Å². The van der Waals surface area contributed by atoms with Gasteiger partial charge in [-0.25, -0.2) is 4.90 Å². The van der Waals surface area contributed by atoms with Gasteiger partial charge in [0.05, 0.1) is 16.2 Å². The van der Waals surface area contributed by atoms with Crippen molar-refractivity contribution in [2.24, 2.45) is 0 Å². The summed E-state index contributed by atoms with van der Waals surface area (Å²) < 4.78 is 0. The Labute approximate surface area is 175 Å². The van der Waals surface area contributed by atoms with E-state index in [4.69, 9.17) is 0 Å². The molecule has 2 aromatic carbocycles. The molecule has 0 saturated heterocycles. The molecule has 150 valence electrons. The first kappa shape index (κ1) is 20.9. The minimum Gasteiger partial charge on any atom is -0.326 e. The van der Waals surface area contributed by atoms with Gasteiger partial charge in [0.15, 0.2) is 0 Å². The molecule has 6 heteroatoms. The summed E-state index contributed by atoms with van der Waals surface area (Å²) >= 11 is 1.41. The number of carbonyl (C=O) groups excluding carboxylic acids is 3. The maximum absolute atomic E-state index is 13.4. The van der Waals surface area contributed by atoms with Gasteiger partial charge in [-0.05, 0) is 49.2 Å². The van der Waals surface area contributed by atoms with Gasteiger partial charge in [0.1, 0.15) is 0 Å². The highest BCUT2D eigenvalue weighted by Crippen LogP contribution is 2.41. The molecule has 2 aromatic rings. The van der Waals surface area contributed by atoms with Crippen molar-refractivity contribution < 1.29 is 14.4 Å². The van der Waals surface area contributed by atoms with E-state index in [-0.39, 0.29) is 23.0 Å². The first-order valence-electron chi connectivity index (χ1n) is 9.44. The maximum atomic E-state index is 13.4. The summed E-state index contributed by atoms with van der Waals surface area (Å²) in [6.45, 7) is 9.38. The lowest BCUT2D eigenvalue weighted by atomic mass is 9.99. The van der Waals surface area contributed by atoms with E-state index in [0.29, 0.717) is 21.9 Å². The predicted octanol–water partition coefficient (Wildman–Crippen LogP) is 4.69. The molecule has 1 heterocycles. The fourth-order valence-electron chi connectivity index (χ4n) is 3.32. The number of nitrogens with zero attached hydrogens (tertiary/aromatic N) is 1. The number of thioether (sulfide) groups is 1. The second-order valence-electron chi connectivity index (χ2n) is 7.36. The third kappa shape index (κ3) is 4.27. The minimum absolute atomic E-state index is 0.157. The van der Waals surface area contributed by atoms with E-state index in [2.05, 4.69) is 5.32 Å². The molecule has 3 amide bonds. The monoisotopic (exact) mass is 408 g/mol. The molecule has 1 aliphatic heterocycles. The van der Waals surface area contributed by atoms with Crippen LogP contribution >= 0.6 is 11.8 Å². The predicted molar refractivity (Wildman–Crippen MR) is 119 cm³/mol. The molecule has 0 atom stereocenters. The zero-order valence-corrected chi connectivity index (χ0v) is 18.0. The quantitative estimate of drug-likeness (QED) is 0.729. The topological polar surface area (TPSA) is 66.5 Å². The largest absolute Gasteiger partial charge is 0.326 e. The average Bonchev–Trinajstić information content (AvgIpc) is 2.86. The molecular formula is C23H24N2O3S. The zero-order valence-electron chi connectivity index (χ0n) is 17.2. The van der Waals surface area contributed by atoms with Crippen molar-refractivity contribution in [3.63, 3.8) is 0 Å². The van der Waals surface area contributed by atoms with Crippen LogP contribution in [0.4, 0.5) is 11.4 Å². The van der Waals surface area contributed by atoms with Crippen LogP contribution in [-0.2, 0) is 14.4 Å². The van der Waals surface area contributed by atoms with Gasteiger partial charge in [-0.15, -0.1) is 11.8 Å². The molecular weight excluding hydrogens is 384 g/mol. The van der Waals surface area contributed by atoms with Crippen LogP contribution in [0.15, 0.2) is 47.4 Å². The summed E-state index contributed by atoms with van der Waals surface area (Å²) in [6.07, 6.45) is 0. The SMILES string of the molecule is CC(=O)Nc1ccc(N2C(=O)C(SC(C)C)=C(c3ccc(C)cc3C)C2=O)cc1. The van der Waals surface area contributed by atoms with Crippen molar-refractivity contribution in [2.75, 3.05) is 10.2 Å². The molecule has 5 nitrogen and oxygen atoms in total. The standard InChI is InChI=1S/C23H24N2O3S/c1-13(2)29-21-20(19-11-6-14(3)12-15(19)4)22(27)25(23(21)28)18-9-7-17(8-10-18)24-16(5)26/h6-13H,1-5H3,(H,24,26). The Bertz CT molecular complexity index is 1020. The molecule has 0 bridgehead atoms. The van der Waals surface area contributed by atoms with E-state index in [1.807, 2.05) is 45.9 Å². The lowest BCUT2D eigenvalue weighted by Gasteiger charge is -2.16. The Balaban J connectivity index is 2.05.